The predicted molar refractivity (Wildman–Crippen MR) is 187 cm³/mol. The summed E-state index contributed by atoms with van der Waals surface area (Å²) in [4.78, 5) is 15.0. The van der Waals surface area contributed by atoms with Crippen LogP contribution in [0.25, 0.3) is 0 Å². The fraction of sp³-hybridized carbons (Fsp3) is 0.269. The van der Waals surface area contributed by atoms with E-state index < -0.39 is 11.6 Å². The molecule has 2 aliphatic heterocycles. The first kappa shape index (κ1) is 32.2. The zero-order valence-electron chi connectivity index (χ0n) is 19.9. The van der Waals surface area contributed by atoms with Crippen molar-refractivity contribution < 1.29 is 24.5 Å². The molecule has 3 aromatic rings. The van der Waals surface area contributed by atoms with E-state index in [0.717, 1.165) is 19.6 Å². The van der Waals surface area contributed by atoms with E-state index in [4.69, 9.17) is 44.3 Å². The van der Waals surface area contributed by atoms with E-state index in [0.29, 0.717) is 65.7 Å². The molecule has 0 saturated heterocycles. The molecule has 0 aliphatic carbocycles. The van der Waals surface area contributed by atoms with E-state index in [9.17, 15) is 15.0 Å². The minimum absolute atomic E-state index is 0.103. The maximum Gasteiger partial charge on any atom is 0.340 e. The Kier molecular flexibility index (Phi) is 11.3. The molecule has 1 spiro atoms. The molecule has 2 N–H and O–H groups in total. The molecule has 0 atom stereocenters. The van der Waals surface area contributed by atoms with Crippen molar-refractivity contribution in [2.24, 2.45) is 0 Å². The number of rotatable bonds is 6. The highest BCUT2D eigenvalue weighted by Gasteiger charge is 2.55. The Morgan fingerprint density at radius 3 is 1.69 bits per heavy atom. The van der Waals surface area contributed by atoms with Gasteiger partial charge in [0.25, 0.3) is 0 Å². The van der Waals surface area contributed by atoms with Crippen molar-refractivity contribution in [2.75, 3.05) is 37.3 Å². The van der Waals surface area contributed by atoms with Crippen molar-refractivity contribution >= 4 is 131 Å². The topological polar surface area (TPSA) is 79.2 Å². The van der Waals surface area contributed by atoms with Gasteiger partial charge in [0.05, 0.1) is 31.0 Å². The Morgan fingerprint density at radius 1 is 0.769 bits per heavy atom. The summed E-state index contributed by atoms with van der Waals surface area (Å²) in [5.74, 6) is 2.56. The summed E-state index contributed by atoms with van der Waals surface area (Å²) >= 11 is 24.8. The normalized spacial score (nSPS) is 14.2. The van der Waals surface area contributed by atoms with Gasteiger partial charge >= 0.3 is 5.97 Å². The summed E-state index contributed by atoms with van der Waals surface area (Å²) in [7, 11) is 0. The number of hydrogen-bond donors (Lipinski definition) is 2. The summed E-state index contributed by atoms with van der Waals surface area (Å²) in [5.41, 5.74) is 1.27. The Labute approximate surface area is 295 Å². The van der Waals surface area contributed by atoms with Gasteiger partial charge in [0.15, 0.2) is 17.1 Å². The second-order valence-corrected chi connectivity index (χ2v) is 14.0. The van der Waals surface area contributed by atoms with E-state index in [1.807, 2.05) is 57.3 Å². The van der Waals surface area contributed by atoms with Crippen LogP contribution >= 0.6 is 125 Å². The van der Waals surface area contributed by atoms with Crippen LogP contribution in [-0.2, 0) is 10.3 Å². The number of benzene rings is 3. The molecular weight excluding hydrogens is 1020 g/mol. The molecule has 0 fully saturated rings. The fourth-order valence-corrected chi connectivity index (χ4v) is 8.76. The summed E-state index contributed by atoms with van der Waals surface area (Å²) < 4.78 is 14.6. The lowest BCUT2D eigenvalue weighted by Gasteiger charge is -2.37. The lowest BCUT2D eigenvalue weighted by molar-refractivity contribution is 0.0222. The van der Waals surface area contributed by atoms with Crippen LogP contribution in [0, 0.1) is 14.3 Å². The van der Waals surface area contributed by atoms with Crippen LogP contribution in [0.15, 0.2) is 36.4 Å². The number of phenolic OH excluding ortho intramolecular Hbond substituents is 2. The van der Waals surface area contributed by atoms with Crippen LogP contribution in [0.5, 0.6) is 23.0 Å². The van der Waals surface area contributed by atoms with Crippen LogP contribution in [0.4, 0.5) is 0 Å². The minimum atomic E-state index is -1.22. The van der Waals surface area contributed by atoms with E-state index in [2.05, 4.69) is 50.1 Å². The van der Waals surface area contributed by atoms with E-state index >= 15 is 0 Å². The van der Waals surface area contributed by atoms with Gasteiger partial charge in [-0.05, 0) is 109 Å². The van der Waals surface area contributed by atoms with Gasteiger partial charge in [-0.2, -0.15) is 0 Å². The monoisotopic (exact) mass is 1040 g/mol. The third-order valence-corrected chi connectivity index (χ3v) is 10.4. The highest BCUT2D eigenvalue weighted by atomic mass is 127. The number of aromatic hydroxyl groups is 2. The Morgan fingerprint density at radius 2 is 1.23 bits per heavy atom. The van der Waals surface area contributed by atoms with Crippen molar-refractivity contribution in [1.82, 2.24) is 4.90 Å². The largest absolute Gasteiger partial charge is 0.506 e. The molecule has 13 heteroatoms. The number of hydrogen-bond acceptors (Lipinski definition) is 6. The van der Waals surface area contributed by atoms with Gasteiger partial charge in [-0.3, -0.25) is 4.90 Å². The first-order chi connectivity index (χ1) is 18.6. The molecule has 0 bridgehead atoms. The van der Waals surface area contributed by atoms with Crippen molar-refractivity contribution in [3.63, 3.8) is 0 Å². The molecule has 2 heterocycles. The molecule has 0 aromatic heterocycles. The van der Waals surface area contributed by atoms with Gasteiger partial charge in [-0.1, -0.05) is 18.2 Å². The zero-order chi connectivity index (χ0) is 28.5. The van der Waals surface area contributed by atoms with Crippen LogP contribution in [0.2, 0.25) is 0 Å². The number of ether oxygens (including phenoxy) is 2. The van der Waals surface area contributed by atoms with Gasteiger partial charge in [-0.15, -0.1) is 34.8 Å². The highest BCUT2D eigenvalue weighted by Crippen LogP contribution is 2.60. The Hall–Kier alpha value is 0.280. The third kappa shape index (κ3) is 6.05. The molecule has 5 rings (SSSR count). The fourth-order valence-electron chi connectivity index (χ4n) is 4.46. The second-order valence-electron chi connectivity index (χ2n) is 8.42. The van der Waals surface area contributed by atoms with Crippen LogP contribution in [0.1, 0.15) is 27.0 Å². The number of carbonyl (C=O) groups excluding carboxylic acids is 1. The highest BCUT2D eigenvalue weighted by molar-refractivity contribution is 14.1. The lowest BCUT2D eigenvalue weighted by Crippen LogP contribution is -2.34. The maximum atomic E-state index is 12.9. The molecule has 6 nitrogen and oxygen atoms in total. The zero-order valence-corrected chi connectivity index (χ0v) is 30.8. The number of nitrogens with zero attached hydrogens (tertiary/aromatic N) is 1. The van der Waals surface area contributed by atoms with Crippen molar-refractivity contribution in [3.05, 3.63) is 72.9 Å². The van der Waals surface area contributed by atoms with Crippen molar-refractivity contribution in [2.45, 2.75) is 5.60 Å². The first-order valence-electron chi connectivity index (χ1n) is 11.5. The predicted octanol–water partition coefficient (Wildman–Crippen LogP) is 8.09. The van der Waals surface area contributed by atoms with Crippen LogP contribution < -0.4 is 4.74 Å². The van der Waals surface area contributed by atoms with Crippen molar-refractivity contribution in [1.29, 1.82) is 0 Å². The molecule has 0 amide bonds. The number of halogens is 7. The van der Waals surface area contributed by atoms with Gasteiger partial charge in [0.2, 0.25) is 0 Å². The van der Waals surface area contributed by atoms with Gasteiger partial charge in [-0.25, -0.2) is 4.79 Å². The average molecular weight is 1040 g/mol. The van der Waals surface area contributed by atoms with Gasteiger partial charge < -0.3 is 19.7 Å². The number of alkyl halides is 3. The summed E-state index contributed by atoms with van der Waals surface area (Å²) in [6.07, 6.45) is 0. The van der Waals surface area contributed by atoms with E-state index in [1.54, 1.807) is 24.3 Å². The molecule has 0 radical (unpaired) electrons. The first-order valence-corrected chi connectivity index (χ1v) is 17.4. The average Bonchev–Trinajstić information content (AvgIpc) is 3.21. The second kappa shape index (κ2) is 13.7. The smallest absolute Gasteiger partial charge is 0.340 e. The molecule has 208 valence electrons. The summed E-state index contributed by atoms with van der Waals surface area (Å²) in [6, 6.07) is 10.9. The standard InChI is InChI=1S/C20H8I4O5.C6H12Cl3N/c21-11-5-9-17(13(23)15(11)25)28-18-10(6-12(22)16(26)14(18)24)20(9)8-4-2-1-3-7(8)19(27)29-20;7-1-4-10(5-2-8)6-3-9/h1-6,25-26H;1-6H2. The molecule has 0 saturated carbocycles. The van der Waals surface area contributed by atoms with Crippen LogP contribution in [0.3, 0.4) is 0 Å². The molecule has 39 heavy (non-hydrogen) atoms. The van der Waals surface area contributed by atoms with Crippen molar-refractivity contribution in [3.8, 4) is 23.0 Å². The molecular formula is C26H20Cl3I4NO5. The molecule has 2 aliphatic rings. The maximum absolute atomic E-state index is 12.9. The number of fused-ring (bicyclic) bond motifs is 6. The number of phenols is 2. The molecule has 3 aromatic carbocycles. The van der Waals surface area contributed by atoms with Crippen LogP contribution in [-0.4, -0.2) is 58.4 Å². The minimum Gasteiger partial charge on any atom is -0.506 e. The summed E-state index contributed by atoms with van der Waals surface area (Å²) in [6.45, 7) is 2.63. The van der Waals surface area contributed by atoms with Gasteiger partial charge in [0.1, 0.15) is 11.5 Å². The van der Waals surface area contributed by atoms with Gasteiger partial charge in [0, 0.05) is 42.8 Å². The number of esters is 1. The molecule has 0 unspecified atom stereocenters. The summed E-state index contributed by atoms with van der Waals surface area (Å²) in [5, 5.41) is 21.0. The Balaban J connectivity index is 0.000000303. The third-order valence-electron chi connectivity index (χ3n) is 6.24. The lowest BCUT2D eigenvalue weighted by atomic mass is 9.77. The van der Waals surface area contributed by atoms with E-state index in [-0.39, 0.29) is 11.5 Å². The quantitative estimate of drug-likeness (QED) is 0.148. The number of carbonyl (C=O) groups is 1. The Bertz CT molecular complexity index is 1350. The SMILES string of the molecule is ClCCN(CCCl)CCCl.O=C1OC2(c3ccccc31)c1cc(I)c(O)c(I)c1Oc1c2cc(I)c(O)c1I. The van der Waals surface area contributed by atoms with E-state index in [1.165, 1.54) is 0 Å².